The molecule has 0 N–H and O–H groups in total. The van der Waals surface area contributed by atoms with Crippen LogP contribution in [0, 0.1) is 34.5 Å². The number of aromatic nitrogens is 2. The third kappa shape index (κ3) is 3.90. The van der Waals surface area contributed by atoms with Gasteiger partial charge in [-0.2, -0.15) is 0 Å². The molecule has 2 fully saturated rings. The second kappa shape index (κ2) is 9.03. The van der Waals surface area contributed by atoms with Gasteiger partial charge in [0.15, 0.2) is 0 Å². The smallest absolute Gasteiger partial charge is 0.306 e. The highest BCUT2D eigenvalue weighted by Crippen LogP contribution is 2.65. The Bertz CT molecular complexity index is 863. The van der Waals surface area contributed by atoms with E-state index in [1.54, 1.807) is 0 Å². The number of carbonyl (C=O) groups excluding carboxylic acids is 2. The third-order valence-electron chi connectivity index (χ3n) is 8.94. The molecule has 0 aromatic carbocycles. The van der Waals surface area contributed by atoms with Crippen molar-refractivity contribution in [3.63, 3.8) is 0 Å². The summed E-state index contributed by atoms with van der Waals surface area (Å²) < 4.78 is 12.9. The number of allylic oxidation sites excluding steroid dienone is 2. The summed E-state index contributed by atoms with van der Waals surface area (Å²) in [4.78, 5) is 29.4. The molecule has 0 aliphatic heterocycles. The molecule has 3 aliphatic rings. The lowest BCUT2D eigenvalue weighted by Crippen LogP contribution is -2.52. The maximum absolute atomic E-state index is 12.7. The van der Waals surface area contributed by atoms with E-state index in [0.717, 1.165) is 32.1 Å². The van der Waals surface area contributed by atoms with Crippen LogP contribution in [-0.2, 0) is 19.1 Å². The summed E-state index contributed by atoms with van der Waals surface area (Å²) in [7, 11) is 0. The van der Waals surface area contributed by atoms with Gasteiger partial charge in [-0.05, 0) is 75.0 Å². The standard InChI is InChI=1S/C26H38N2O4/c1-5-31-23(29)15-18-7-8-19-20-9-10-22(28-14-13-27-17-28)25(20,3)12-11-21(19)26(18,4)16-24(30)32-6-2/h10,13-14,17-21H,5-9,11-12,15-16H2,1-4H3/t18-,19-,20-,21-,25-,26-/m0/s1. The first kappa shape index (κ1) is 23.1. The molecular formula is C26H38N2O4. The topological polar surface area (TPSA) is 70.4 Å². The summed E-state index contributed by atoms with van der Waals surface area (Å²) in [6, 6.07) is 0. The van der Waals surface area contributed by atoms with Crippen LogP contribution in [0.15, 0.2) is 24.8 Å². The van der Waals surface area contributed by atoms with Gasteiger partial charge in [0.25, 0.3) is 0 Å². The molecule has 32 heavy (non-hydrogen) atoms. The van der Waals surface area contributed by atoms with E-state index in [-0.39, 0.29) is 28.7 Å². The molecule has 3 aliphatic carbocycles. The first-order valence-corrected chi connectivity index (χ1v) is 12.3. The van der Waals surface area contributed by atoms with Crippen molar-refractivity contribution in [2.75, 3.05) is 13.2 Å². The highest BCUT2D eigenvalue weighted by molar-refractivity contribution is 5.72. The van der Waals surface area contributed by atoms with E-state index in [1.165, 1.54) is 5.70 Å². The van der Waals surface area contributed by atoms with Gasteiger partial charge < -0.3 is 14.0 Å². The highest BCUT2D eigenvalue weighted by Gasteiger charge is 2.58. The van der Waals surface area contributed by atoms with Gasteiger partial charge >= 0.3 is 11.9 Å². The van der Waals surface area contributed by atoms with E-state index < -0.39 is 0 Å². The van der Waals surface area contributed by atoms with Crippen molar-refractivity contribution in [1.82, 2.24) is 9.55 Å². The molecule has 6 atom stereocenters. The number of rotatable bonds is 7. The number of hydrogen-bond donors (Lipinski definition) is 0. The number of hydrogen-bond acceptors (Lipinski definition) is 5. The SMILES string of the molecule is CCOC(=O)C[C@@H]1CC[C@@H]2[C@H](CC[C@]3(C)C(n4ccnc4)=CC[C@@H]23)[C@@]1(C)CC(=O)OCC. The average Bonchev–Trinajstić information content (AvgIpc) is 3.37. The number of esters is 2. The number of fused-ring (bicyclic) bond motifs is 3. The quantitative estimate of drug-likeness (QED) is 0.550. The Morgan fingerprint density at radius 2 is 1.84 bits per heavy atom. The van der Waals surface area contributed by atoms with Crippen molar-refractivity contribution < 1.29 is 19.1 Å². The molecule has 176 valence electrons. The lowest BCUT2D eigenvalue weighted by molar-refractivity contribution is -0.159. The zero-order valence-corrected chi connectivity index (χ0v) is 20.0. The molecule has 6 nitrogen and oxygen atoms in total. The van der Waals surface area contributed by atoms with E-state index >= 15 is 0 Å². The maximum atomic E-state index is 12.7. The van der Waals surface area contributed by atoms with Crippen molar-refractivity contribution >= 4 is 17.6 Å². The zero-order valence-electron chi connectivity index (χ0n) is 20.0. The fraction of sp³-hybridized carbons (Fsp3) is 0.731. The van der Waals surface area contributed by atoms with Gasteiger partial charge in [0.1, 0.15) is 0 Å². The first-order valence-electron chi connectivity index (χ1n) is 12.3. The molecule has 0 saturated heterocycles. The fourth-order valence-corrected chi connectivity index (χ4v) is 7.44. The van der Waals surface area contributed by atoms with E-state index in [4.69, 9.17) is 9.47 Å². The number of carbonyl (C=O) groups is 2. The van der Waals surface area contributed by atoms with Gasteiger partial charge in [-0.1, -0.05) is 19.9 Å². The van der Waals surface area contributed by atoms with Crippen LogP contribution in [0.25, 0.3) is 5.70 Å². The van der Waals surface area contributed by atoms with Gasteiger partial charge in [-0.3, -0.25) is 9.59 Å². The van der Waals surface area contributed by atoms with E-state index in [2.05, 4.69) is 29.5 Å². The number of imidazole rings is 1. The van der Waals surface area contributed by atoms with Gasteiger partial charge in [-0.25, -0.2) is 4.98 Å². The minimum absolute atomic E-state index is 0.126. The van der Waals surface area contributed by atoms with Crippen molar-refractivity contribution in [2.24, 2.45) is 34.5 Å². The summed E-state index contributed by atoms with van der Waals surface area (Å²) in [6.07, 6.45) is 14.3. The summed E-state index contributed by atoms with van der Waals surface area (Å²) in [5.74, 6) is 1.39. The zero-order chi connectivity index (χ0) is 22.9. The molecule has 0 unspecified atom stereocenters. The predicted molar refractivity (Wildman–Crippen MR) is 122 cm³/mol. The van der Waals surface area contributed by atoms with Crippen LogP contribution in [0.5, 0.6) is 0 Å². The Labute approximate surface area is 191 Å². The Morgan fingerprint density at radius 1 is 1.09 bits per heavy atom. The van der Waals surface area contributed by atoms with Gasteiger partial charge in [-0.15, -0.1) is 0 Å². The summed E-state index contributed by atoms with van der Waals surface area (Å²) in [6.45, 7) is 9.15. The summed E-state index contributed by atoms with van der Waals surface area (Å²) in [5.41, 5.74) is 1.25. The van der Waals surface area contributed by atoms with Crippen molar-refractivity contribution in [1.29, 1.82) is 0 Å². The van der Waals surface area contributed by atoms with Crippen molar-refractivity contribution in [2.45, 2.75) is 72.6 Å². The molecule has 6 heteroatoms. The highest BCUT2D eigenvalue weighted by atomic mass is 16.5. The second-order valence-corrected chi connectivity index (χ2v) is 10.4. The van der Waals surface area contributed by atoms with Crippen LogP contribution in [0.2, 0.25) is 0 Å². The van der Waals surface area contributed by atoms with Gasteiger partial charge in [0, 0.05) is 29.9 Å². The van der Waals surface area contributed by atoms with Gasteiger partial charge in [0.2, 0.25) is 0 Å². The number of ether oxygens (including phenoxy) is 2. The minimum atomic E-state index is -0.249. The fourth-order valence-electron chi connectivity index (χ4n) is 7.44. The molecule has 0 radical (unpaired) electrons. The summed E-state index contributed by atoms with van der Waals surface area (Å²) >= 11 is 0. The lowest BCUT2D eigenvalue weighted by Gasteiger charge is -2.58. The van der Waals surface area contributed by atoms with E-state index in [9.17, 15) is 9.59 Å². The van der Waals surface area contributed by atoms with Crippen molar-refractivity contribution in [3.05, 3.63) is 24.8 Å². The largest absolute Gasteiger partial charge is 0.466 e. The molecule has 4 rings (SSSR count). The van der Waals surface area contributed by atoms with Crippen LogP contribution >= 0.6 is 0 Å². The van der Waals surface area contributed by atoms with Crippen LogP contribution < -0.4 is 0 Å². The predicted octanol–water partition coefficient (Wildman–Crippen LogP) is 5.10. The molecule has 2 saturated carbocycles. The van der Waals surface area contributed by atoms with Crippen LogP contribution in [0.4, 0.5) is 0 Å². The van der Waals surface area contributed by atoms with Crippen LogP contribution in [0.1, 0.15) is 72.6 Å². The average molecular weight is 443 g/mol. The lowest BCUT2D eigenvalue weighted by atomic mass is 9.46. The third-order valence-corrected chi connectivity index (χ3v) is 8.94. The first-order chi connectivity index (χ1) is 15.3. The second-order valence-electron chi connectivity index (χ2n) is 10.4. The normalized spacial score (nSPS) is 36.1. The Morgan fingerprint density at radius 3 is 2.53 bits per heavy atom. The Kier molecular flexibility index (Phi) is 6.51. The monoisotopic (exact) mass is 442 g/mol. The molecule has 0 spiro atoms. The van der Waals surface area contributed by atoms with Crippen LogP contribution in [-0.4, -0.2) is 34.7 Å². The maximum Gasteiger partial charge on any atom is 0.306 e. The molecule has 1 aromatic heterocycles. The molecule has 1 heterocycles. The van der Waals surface area contributed by atoms with Gasteiger partial charge in [0.05, 0.1) is 26.0 Å². The van der Waals surface area contributed by atoms with Crippen molar-refractivity contribution in [3.8, 4) is 0 Å². The molecule has 0 bridgehead atoms. The molecular weight excluding hydrogens is 404 g/mol. The number of nitrogens with zero attached hydrogens (tertiary/aromatic N) is 2. The Hall–Kier alpha value is -2.11. The van der Waals surface area contributed by atoms with Crippen LogP contribution in [0.3, 0.4) is 0 Å². The molecule has 0 amide bonds. The minimum Gasteiger partial charge on any atom is -0.466 e. The Balaban J connectivity index is 1.60. The van der Waals surface area contributed by atoms with E-state index in [0.29, 0.717) is 43.8 Å². The molecule has 1 aromatic rings. The van der Waals surface area contributed by atoms with E-state index in [1.807, 2.05) is 32.6 Å². The summed E-state index contributed by atoms with van der Waals surface area (Å²) in [5, 5.41) is 0.